The van der Waals surface area contributed by atoms with Crippen LogP contribution < -0.4 is 0 Å². The van der Waals surface area contributed by atoms with Crippen LogP contribution in [0.25, 0.3) is 11.1 Å². The molecule has 0 saturated carbocycles. The summed E-state index contributed by atoms with van der Waals surface area (Å²) in [5, 5.41) is 3.45. The Balaban J connectivity index is 1.97. The van der Waals surface area contributed by atoms with Crippen LogP contribution in [-0.4, -0.2) is 23.0 Å². The minimum Gasteiger partial charge on any atom is -0.440 e. The summed E-state index contributed by atoms with van der Waals surface area (Å²) in [6.07, 6.45) is 1.75. The van der Waals surface area contributed by atoms with Crippen LogP contribution in [0.2, 0.25) is 0 Å². The van der Waals surface area contributed by atoms with Gasteiger partial charge in [0, 0.05) is 0 Å². The molecular weight excluding hydrogens is 244 g/mol. The van der Waals surface area contributed by atoms with Gasteiger partial charge >= 0.3 is 5.97 Å². The van der Waals surface area contributed by atoms with Crippen molar-refractivity contribution in [2.24, 2.45) is 5.16 Å². The van der Waals surface area contributed by atoms with Crippen LogP contribution in [0.1, 0.15) is 5.89 Å². The number of aromatic nitrogens is 1. The molecular formula is C11H9ClN2O3. The summed E-state index contributed by atoms with van der Waals surface area (Å²) < 4.78 is 5.43. The highest BCUT2D eigenvalue weighted by atomic mass is 35.5. The molecule has 1 aromatic heterocycles. The topological polar surface area (TPSA) is 64.7 Å². The number of fused-ring (bicyclic) bond motifs is 1. The molecule has 17 heavy (non-hydrogen) atoms. The Morgan fingerprint density at radius 1 is 1.53 bits per heavy atom. The third-order valence-corrected chi connectivity index (χ3v) is 2.16. The van der Waals surface area contributed by atoms with Crippen LogP contribution in [0.3, 0.4) is 0 Å². The molecule has 0 radical (unpaired) electrons. The Bertz CT molecular complexity index is 517. The number of carbonyl (C=O) groups excluding carboxylic acids is 1. The fourth-order valence-electron chi connectivity index (χ4n) is 1.24. The van der Waals surface area contributed by atoms with E-state index in [4.69, 9.17) is 16.0 Å². The van der Waals surface area contributed by atoms with Gasteiger partial charge in [-0.2, -0.15) is 0 Å². The summed E-state index contributed by atoms with van der Waals surface area (Å²) in [6, 6.07) is 7.43. The fourth-order valence-corrected chi connectivity index (χ4v) is 1.29. The minimum absolute atomic E-state index is 0.222. The lowest BCUT2D eigenvalue weighted by Crippen LogP contribution is -2.00. The highest BCUT2D eigenvalue weighted by Gasteiger charge is 2.03. The predicted molar refractivity (Wildman–Crippen MR) is 63.0 cm³/mol. The van der Waals surface area contributed by atoms with Crippen LogP contribution in [0, 0.1) is 0 Å². The molecule has 0 fully saturated rings. The standard InChI is InChI=1S/C11H9ClN2O3/c12-7-11(15)17-13-6-5-10-14-8-3-1-2-4-9(8)16-10/h1-4,6H,5,7H2. The summed E-state index contributed by atoms with van der Waals surface area (Å²) in [6.45, 7) is 0. The number of alkyl halides is 1. The molecule has 1 aromatic carbocycles. The Morgan fingerprint density at radius 2 is 2.35 bits per heavy atom. The average Bonchev–Trinajstić information content (AvgIpc) is 2.76. The predicted octanol–water partition coefficient (Wildman–Crippen LogP) is 2.14. The summed E-state index contributed by atoms with van der Waals surface area (Å²) in [4.78, 5) is 19.3. The van der Waals surface area contributed by atoms with E-state index in [2.05, 4.69) is 15.0 Å². The first-order chi connectivity index (χ1) is 8.29. The van der Waals surface area contributed by atoms with Gasteiger partial charge in [-0.3, -0.25) is 0 Å². The lowest BCUT2D eigenvalue weighted by Gasteiger charge is -1.89. The first-order valence-electron chi connectivity index (χ1n) is 4.91. The van der Waals surface area contributed by atoms with Gasteiger partial charge in [-0.15, -0.1) is 11.6 Å². The maximum Gasteiger partial charge on any atom is 0.349 e. The number of nitrogens with zero attached hydrogens (tertiary/aromatic N) is 2. The Hall–Kier alpha value is -1.88. The van der Waals surface area contributed by atoms with E-state index in [-0.39, 0.29) is 5.88 Å². The van der Waals surface area contributed by atoms with E-state index in [0.29, 0.717) is 17.9 Å². The van der Waals surface area contributed by atoms with E-state index >= 15 is 0 Å². The molecule has 1 heterocycles. The van der Waals surface area contributed by atoms with Crippen LogP contribution in [-0.2, 0) is 16.1 Å². The van der Waals surface area contributed by atoms with Crippen molar-refractivity contribution in [3.8, 4) is 0 Å². The van der Waals surface area contributed by atoms with Crippen LogP contribution >= 0.6 is 11.6 Å². The number of hydrogen-bond acceptors (Lipinski definition) is 5. The molecule has 0 aliphatic rings. The van der Waals surface area contributed by atoms with Crippen molar-refractivity contribution in [1.29, 1.82) is 0 Å². The van der Waals surface area contributed by atoms with E-state index in [1.807, 2.05) is 24.3 Å². The normalized spacial score (nSPS) is 11.1. The average molecular weight is 253 g/mol. The number of oxime groups is 1. The molecule has 0 saturated heterocycles. The number of rotatable bonds is 4. The van der Waals surface area contributed by atoms with Crippen LogP contribution in [0.4, 0.5) is 0 Å². The molecule has 0 spiro atoms. The molecule has 5 nitrogen and oxygen atoms in total. The fraction of sp³-hybridized carbons (Fsp3) is 0.182. The Morgan fingerprint density at radius 3 is 3.12 bits per heavy atom. The van der Waals surface area contributed by atoms with Gasteiger partial charge in [0.05, 0.1) is 12.6 Å². The maximum atomic E-state index is 10.7. The Labute approximate surface area is 102 Å². The van der Waals surface area contributed by atoms with E-state index in [1.165, 1.54) is 6.21 Å². The van der Waals surface area contributed by atoms with Crippen molar-refractivity contribution < 1.29 is 14.0 Å². The quantitative estimate of drug-likeness (QED) is 0.362. The highest BCUT2D eigenvalue weighted by molar-refractivity contribution is 6.26. The van der Waals surface area contributed by atoms with Crippen molar-refractivity contribution in [2.75, 3.05) is 5.88 Å². The molecule has 6 heteroatoms. The Kier molecular flexibility index (Phi) is 3.72. The molecule has 0 aliphatic heterocycles. The monoisotopic (exact) mass is 252 g/mol. The first kappa shape index (κ1) is 11.6. The zero-order valence-corrected chi connectivity index (χ0v) is 9.55. The minimum atomic E-state index is -0.597. The molecule has 2 rings (SSSR count). The van der Waals surface area contributed by atoms with E-state index in [1.54, 1.807) is 0 Å². The third kappa shape index (κ3) is 3.04. The summed E-state index contributed by atoms with van der Waals surface area (Å²) in [5.74, 6) is -0.308. The van der Waals surface area contributed by atoms with Gasteiger partial charge in [0.15, 0.2) is 5.58 Å². The zero-order chi connectivity index (χ0) is 12.1. The summed E-state index contributed by atoms with van der Waals surface area (Å²) in [7, 11) is 0. The number of para-hydroxylation sites is 2. The van der Waals surface area contributed by atoms with Gasteiger partial charge < -0.3 is 9.25 Å². The van der Waals surface area contributed by atoms with Gasteiger partial charge in [-0.05, 0) is 12.1 Å². The van der Waals surface area contributed by atoms with Gasteiger partial charge in [0.1, 0.15) is 11.4 Å². The second-order valence-electron chi connectivity index (χ2n) is 3.16. The zero-order valence-electron chi connectivity index (χ0n) is 8.80. The maximum absolute atomic E-state index is 10.7. The number of halogens is 1. The van der Waals surface area contributed by atoms with Crippen molar-refractivity contribution in [3.63, 3.8) is 0 Å². The molecule has 0 atom stereocenters. The number of carbonyl (C=O) groups is 1. The van der Waals surface area contributed by atoms with Gasteiger partial charge in [-0.1, -0.05) is 17.3 Å². The van der Waals surface area contributed by atoms with Crippen molar-refractivity contribution in [1.82, 2.24) is 4.98 Å². The van der Waals surface area contributed by atoms with Crippen molar-refractivity contribution in [3.05, 3.63) is 30.2 Å². The number of hydrogen-bond donors (Lipinski definition) is 0. The van der Waals surface area contributed by atoms with Crippen LogP contribution in [0.15, 0.2) is 33.8 Å². The number of benzene rings is 1. The molecule has 0 N–H and O–H groups in total. The second-order valence-corrected chi connectivity index (χ2v) is 3.43. The SMILES string of the molecule is O=C(CCl)ON=CCc1nc2ccccc2o1. The lowest BCUT2D eigenvalue weighted by atomic mass is 10.3. The summed E-state index contributed by atoms with van der Waals surface area (Å²) in [5.41, 5.74) is 1.50. The molecule has 0 aliphatic carbocycles. The van der Waals surface area contributed by atoms with E-state index in [0.717, 1.165) is 5.52 Å². The van der Waals surface area contributed by atoms with Crippen molar-refractivity contribution >= 4 is 34.9 Å². The summed E-state index contributed by atoms with van der Waals surface area (Å²) >= 11 is 5.22. The van der Waals surface area contributed by atoms with Crippen molar-refractivity contribution in [2.45, 2.75) is 6.42 Å². The molecule has 0 bridgehead atoms. The van der Waals surface area contributed by atoms with E-state index in [9.17, 15) is 4.79 Å². The smallest absolute Gasteiger partial charge is 0.349 e. The van der Waals surface area contributed by atoms with E-state index < -0.39 is 5.97 Å². The largest absolute Gasteiger partial charge is 0.440 e. The third-order valence-electron chi connectivity index (χ3n) is 1.94. The van der Waals surface area contributed by atoms with Gasteiger partial charge in [0.25, 0.3) is 0 Å². The molecule has 2 aromatic rings. The molecule has 88 valence electrons. The second kappa shape index (κ2) is 5.45. The first-order valence-corrected chi connectivity index (χ1v) is 5.45. The lowest BCUT2D eigenvalue weighted by molar-refractivity contribution is -0.140. The number of oxazole rings is 1. The molecule has 0 unspecified atom stereocenters. The van der Waals surface area contributed by atoms with Gasteiger partial charge in [-0.25, -0.2) is 9.78 Å². The molecule has 0 amide bonds. The highest BCUT2D eigenvalue weighted by Crippen LogP contribution is 2.14. The van der Waals surface area contributed by atoms with Gasteiger partial charge in [0.2, 0.25) is 5.89 Å². The van der Waals surface area contributed by atoms with Crippen LogP contribution in [0.5, 0.6) is 0 Å².